The van der Waals surface area contributed by atoms with Gasteiger partial charge in [0.05, 0.1) is 18.3 Å². The third-order valence-corrected chi connectivity index (χ3v) is 3.40. The highest BCUT2D eigenvalue weighted by Crippen LogP contribution is 2.14. The maximum atomic E-state index is 12.2. The fourth-order valence-corrected chi connectivity index (χ4v) is 2.14. The van der Waals surface area contributed by atoms with E-state index in [1.54, 1.807) is 37.5 Å². The van der Waals surface area contributed by atoms with Crippen LogP contribution in [0.1, 0.15) is 42.9 Å². The van der Waals surface area contributed by atoms with Gasteiger partial charge >= 0.3 is 0 Å². The Bertz CT molecular complexity index is 650. The van der Waals surface area contributed by atoms with E-state index in [-0.39, 0.29) is 17.7 Å². The molecule has 0 aliphatic carbocycles. The Morgan fingerprint density at radius 2 is 1.91 bits per heavy atom. The van der Waals surface area contributed by atoms with E-state index < -0.39 is 6.04 Å². The summed E-state index contributed by atoms with van der Waals surface area (Å²) in [5.74, 6) is 0.575. The molecule has 2 rings (SSSR count). The van der Waals surface area contributed by atoms with Crippen molar-refractivity contribution in [1.82, 2.24) is 5.32 Å². The molecule has 0 fully saturated rings. The first-order valence-electron chi connectivity index (χ1n) is 7.18. The minimum Gasteiger partial charge on any atom is -0.468 e. The van der Waals surface area contributed by atoms with Crippen LogP contribution in [0.4, 0.5) is 5.69 Å². The Balaban J connectivity index is 1.96. The van der Waals surface area contributed by atoms with Gasteiger partial charge in [-0.1, -0.05) is 12.1 Å². The Morgan fingerprint density at radius 3 is 2.55 bits per heavy atom. The highest BCUT2D eigenvalue weighted by Gasteiger charge is 2.17. The Kier molecular flexibility index (Phi) is 5.12. The number of rotatable bonds is 6. The highest BCUT2D eigenvalue weighted by atomic mass is 16.3. The minimum absolute atomic E-state index is 0.0336. The molecule has 0 unspecified atom stereocenters. The maximum Gasteiger partial charge on any atom is 0.241 e. The van der Waals surface area contributed by atoms with Gasteiger partial charge in [-0.2, -0.15) is 0 Å². The molecule has 0 spiro atoms. The molecule has 0 saturated heterocycles. The van der Waals surface area contributed by atoms with Crippen molar-refractivity contribution in [3.8, 4) is 0 Å². The fourth-order valence-electron chi connectivity index (χ4n) is 2.14. The zero-order valence-electron chi connectivity index (χ0n) is 12.9. The van der Waals surface area contributed by atoms with Gasteiger partial charge in [0, 0.05) is 11.3 Å². The molecule has 2 atom stereocenters. The van der Waals surface area contributed by atoms with Crippen LogP contribution in [0.5, 0.6) is 0 Å². The molecule has 1 aromatic carbocycles. The van der Waals surface area contributed by atoms with Gasteiger partial charge in [-0.15, -0.1) is 0 Å². The van der Waals surface area contributed by atoms with Gasteiger partial charge in [0.1, 0.15) is 5.76 Å². The summed E-state index contributed by atoms with van der Waals surface area (Å²) in [5, 5.41) is 5.97. The molecule has 0 radical (unpaired) electrons. The number of anilines is 1. The molecule has 2 N–H and O–H groups in total. The smallest absolute Gasteiger partial charge is 0.241 e. The molecule has 5 heteroatoms. The quantitative estimate of drug-likeness (QED) is 0.804. The molecule has 0 aliphatic rings. The van der Waals surface area contributed by atoms with Crippen molar-refractivity contribution in [3.63, 3.8) is 0 Å². The summed E-state index contributed by atoms with van der Waals surface area (Å²) in [7, 11) is 0. The third-order valence-electron chi connectivity index (χ3n) is 3.40. The summed E-state index contributed by atoms with van der Waals surface area (Å²) in [5.41, 5.74) is 1.18. The summed E-state index contributed by atoms with van der Waals surface area (Å²) in [6.45, 7) is 5.21. The number of nitrogens with one attached hydrogen (secondary N) is 2. The van der Waals surface area contributed by atoms with Crippen molar-refractivity contribution in [3.05, 3.63) is 54.0 Å². The van der Waals surface area contributed by atoms with E-state index in [0.717, 1.165) is 5.76 Å². The number of Topliss-reactive ketones (excluding diaryl/α,β-unsaturated/α-hetero) is 1. The van der Waals surface area contributed by atoms with Crippen LogP contribution in [0.25, 0.3) is 0 Å². The van der Waals surface area contributed by atoms with Gasteiger partial charge < -0.3 is 9.73 Å². The molecular weight excluding hydrogens is 280 g/mol. The van der Waals surface area contributed by atoms with Crippen molar-refractivity contribution in [1.29, 1.82) is 0 Å². The second-order valence-corrected chi connectivity index (χ2v) is 5.25. The van der Waals surface area contributed by atoms with Gasteiger partial charge in [0.2, 0.25) is 5.91 Å². The van der Waals surface area contributed by atoms with E-state index in [1.807, 2.05) is 19.1 Å². The molecule has 22 heavy (non-hydrogen) atoms. The van der Waals surface area contributed by atoms with Crippen LogP contribution >= 0.6 is 0 Å². The zero-order valence-corrected chi connectivity index (χ0v) is 12.9. The normalized spacial score (nSPS) is 13.4. The lowest BCUT2D eigenvalue weighted by Crippen LogP contribution is -2.39. The Labute approximate surface area is 129 Å². The zero-order chi connectivity index (χ0) is 16.1. The van der Waals surface area contributed by atoms with Crippen LogP contribution in [0.15, 0.2) is 47.1 Å². The van der Waals surface area contributed by atoms with Gasteiger partial charge in [-0.05, 0) is 45.0 Å². The van der Waals surface area contributed by atoms with Crippen LogP contribution in [-0.4, -0.2) is 17.7 Å². The first-order valence-corrected chi connectivity index (χ1v) is 7.18. The van der Waals surface area contributed by atoms with Crippen LogP contribution in [0.2, 0.25) is 0 Å². The minimum atomic E-state index is -0.402. The van der Waals surface area contributed by atoms with Crippen LogP contribution in [-0.2, 0) is 4.79 Å². The van der Waals surface area contributed by atoms with Crippen LogP contribution < -0.4 is 10.6 Å². The van der Waals surface area contributed by atoms with E-state index >= 15 is 0 Å². The van der Waals surface area contributed by atoms with E-state index in [9.17, 15) is 9.59 Å². The standard InChI is InChI=1S/C17H20N2O3/c1-11(16-8-5-9-22-16)18-12(2)17(21)19-15-7-4-6-14(10-15)13(3)20/h4-12,18H,1-3H3,(H,19,21)/t11-,12+/m1/s1. The molecule has 5 nitrogen and oxygen atoms in total. The molecule has 0 aliphatic heterocycles. The molecule has 1 heterocycles. The van der Waals surface area contributed by atoms with Gasteiger partial charge in [0.15, 0.2) is 5.78 Å². The van der Waals surface area contributed by atoms with Gasteiger partial charge in [0.25, 0.3) is 0 Å². The third kappa shape index (κ3) is 4.05. The second kappa shape index (κ2) is 7.04. The number of benzene rings is 1. The topological polar surface area (TPSA) is 71.3 Å². The molecular formula is C17H20N2O3. The summed E-state index contributed by atoms with van der Waals surface area (Å²) < 4.78 is 5.30. The molecule has 1 amide bonds. The largest absolute Gasteiger partial charge is 0.468 e. The van der Waals surface area contributed by atoms with Crippen molar-refractivity contribution in [2.75, 3.05) is 5.32 Å². The van der Waals surface area contributed by atoms with Crippen molar-refractivity contribution < 1.29 is 14.0 Å². The van der Waals surface area contributed by atoms with Crippen molar-refractivity contribution in [2.24, 2.45) is 0 Å². The molecule has 1 aromatic heterocycles. The first-order chi connectivity index (χ1) is 10.5. The molecule has 0 saturated carbocycles. The van der Waals surface area contributed by atoms with Gasteiger partial charge in [-0.25, -0.2) is 0 Å². The van der Waals surface area contributed by atoms with E-state index in [2.05, 4.69) is 10.6 Å². The number of hydrogen-bond donors (Lipinski definition) is 2. The number of carbonyl (C=O) groups excluding carboxylic acids is 2. The number of amides is 1. The summed E-state index contributed by atoms with van der Waals surface area (Å²) in [6, 6.07) is 10.1. The Hall–Kier alpha value is -2.40. The number of furan rings is 1. The van der Waals surface area contributed by atoms with E-state index in [0.29, 0.717) is 11.3 Å². The lowest BCUT2D eigenvalue weighted by atomic mass is 10.1. The van der Waals surface area contributed by atoms with E-state index in [1.165, 1.54) is 6.92 Å². The summed E-state index contributed by atoms with van der Waals surface area (Å²) in [4.78, 5) is 23.6. The second-order valence-electron chi connectivity index (χ2n) is 5.25. The number of carbonyl (C=O) groups is 2. The lowest BCUT2D eigenvalue weighted by Gasteiger charge is -2.18. The van der Waals surface area contributed by atoms with Crippen LogP contribution in [0, 0.1) is 0 Å². The maximum absolute atomic E-state index is 12.2. The van der Waals surface area contributed by atoms with Crippen molar-refractivity contribution in [2.45, 2.75) is 32.9 Å². The first kappa shape index (κ1) is 16.0. The Morgan fingerprint density at radius 1 is 1.14 bits per heavy atom. The monoisotopic (exact) mass is 300 g/mol. The predicted octanol–water partition coefficient (Wildman–Crippen LogP) is 3.16. The number of ketones is 1. The fraction of sp³-hybridized carbons (Fsp3) is 0.294. The number of hydrogen-bond acceptors (Lipinski definition) is 4. The molecule has 116 valence electrons. The van der Waals surface area contributed by atoms with Crippen molar-refractivity contribution >= 4 is 17.4 Å². The lowest BCUT2D eigenvalue weighted by molar-refractivity contribution is -0.118. The van der Waals surface area contributed by atoms with Crippen LogP contribution in [0.3, 0.4) is 0 Å². The SMILES string of the molecule is CC(=O)c1cccc(NC(=O)[C@H](C)N[C@H](C)c2ccco2)c1. The van der Waals surface area contributed by atoms with Gasteiger partial charge in [-0.3, -0.25) is 14.9 Å². The average molecular weight is 300 g/mol. The highest BCUT2D eigenvalue weighted by molar-refractivity contribution is 5.98. The predicted molar refractivity (Wildman–Crippen MR) is 84.8 cm³/mol. The summed E-state index contributed by atoms with van der Waals surface area (Å²) in [6.07, 6.45) is 1.60. The average Bonchev–Trinajstić information content (AvgIpc) is 3.01. The molecule has 0 bridgehead atoms. The summed E-state index contributed by atoms with van der Waals surface area (Å²) >= 11 is 0. The van der Waals surface area contributed by atoms with E-state index in [4.69, 9.17) is 4.42 Å². The molecule has 2 aromatic rings.